The largest absolute Gasteiger partial charge is 0 e. The van der Waals surface area contributed by atoms with Gasteiger partial charge in [0.25, 0.3) is 0 Å². The summed E-state index contributed by atoms with van der Waals surface area (Å²) in [6.07, 6.45) is 0. The third kappa shape index (κ3) is 8.82. The smallest absolute Gasteiger partial charge is 0 e. The molecule has 0 saturated carbocycles. The third-order valence-electron chi connectivity index (χ3n) is 0. The quantitative estimate of drug-likeness (QED) is 0.545. The van der Waals surface area contributed by atoms with Gasteiger partial charge in [-0.3, -0.25) is 0 Å². The summed E-state index contributed by atoms with van der Waals surface area (Å²) in [6.45, 7) is 0. The Morgan fingerprint density at radius 3 is 1.00 bits per heavy atom. The van der Waals surface area contributed by atoms with Gasteiger partial charge in [0.1, 0.15) is 0 Å². The van der Waals surface area contributed by atoms with Gasteiger partial charge in [-0.05, 0) is 0 Å². The van der Waals surface area contributed by atoms with E-state index in [0.29, 0.717) is 0 Å². The van der Waals surface area contributed by atoms with Gasteiger partial charge in [-0.2, -0.15) is 0 Å². The van der Waals surface area contributed by atoms with Gasteiger partial charge >= 0.3 is 0 Å². The van der Waals surface area contributed by atoms with Crippen LogP contribution >= 0.6 is 0 Å². The van der Waals surface area contributed by atoms with Crippen LogP contribution in [0.4, 0.5) is 0 Å². The molecule has 24 valence electrons. The molecule has 0 nitrogen and oxygen atoms in total. The number of rotatable bonds is 0. The van der Waals surface area contributed by atoms with Gasteiger partial charge in [0.15, 0.2) is 0 Å². The molecule has 0 N–H and O–H groups in total. The fraction of sp³-hybridized carbons (Fsp3) is 0. The maximum Gasteiger partial charge on any atom is 0 e. The van der Waals surface area contributed by atoms with Gasteiger partial charge in [0, 0.05) is 78.2 Å². The van der Waals surface area contributed by atoms with Crippen LogP contribution in [0.3, 0.4) is 0 Å². The van der Waals surface area contributed by atoms with E-state index in [1.54, 1.807) is 0 Å². The summed E-state index contributed by atoms with van der Waals surface area (Å²) < 4.78 is 0. The van der Waals surface area contributed by atoms with Gasteiger partial charge in [0.05, 0.1) is 0 Å². The first-order valence-electron chi connectivity index (χ1n) is 0. The van der Waals surface area contributed by atoms with E-state index in [0.717, 1.165) is 0 Å². The average Bonchev–Trinajstić information content (AvgIpc) is 0. The Morgan fingerprint density at radius 2 is 1.00 bits per heavy atom. The molecule has 0 aromatic heterocycles. The first-order valence-corrected chi connectivity index (χ1v) is 0. The summed E-state index contributed by atoms with van der Waals surface area (Å²) in [6, 6.07) is 0. The molecular weight excluding hydrogens is 340 g/mol. The van der Waals surface area contributed by atoms with Crippen LogP contribution in [0.5, 0.6) is 0 Å². The van der Waals surface area contributed by atoms with Gasteiger partial charge < -0.3 is 0 Å². The maximum absolute atomic E-state index is 0. The third-order valence-corrected chi connectivity index (χ3v) is 0. The molecule has 0 amide bonds. The van der Waals surface area contributed by atoms with Crippen LogP contribution in [-0.4, -0.2) is 0 Å². The second kappa shape index (κ2) is 17.8. The summed E-state index contributed by atoms with van der Waals surface area (Å²) in [5.41, 5.74) is 0. The van der Waals surface area contributed by atoms with Crippen LogP contribution in [0.15, 0.2) is 0 Å². The summed E-state index contributed by atoms with van der Waals surface area (Å²) in [5.74, 6) is 0. The second-order valence-corrected chi connectivity index (χ2v) is 0. The van der Waals surface area contributed by atoms with Crippen molar-refractivity contribution in [3.05, 3.63) is 0 Å². The van der Waals surface area contributed by atoms with Crippen LogP contribution in [-0.2, 0) is 78.2 Å². The molecule has 0 bridgehead atoms. The predicted octanol–water partition coefficient (Wildman–Crippen LogP) is -0.0100. The summed E-state index contributed by atoms with van der Waals surface area (Å²) in [7, 11) is 0. The van der Waals surface area contributed by atoms with E-state index in [1.165, 1.54) is 0 Å². The van der Waals surface area contributed by atoms with Crippen molar-refractivity contribution in [2.24, 2.45) is 0 Å². The van der Waals surface area contributed by atoms with E-state index in [9.17, 15) is 0 Å². The molecule has 0 aliphatic carbocycles. The van der Waals surface area contributed by atoms with Gasteiger partial charge in [0.2, 0.25) is 0 Å². The minimum atomic E-state index is 0. The molecule has 0 saturated heterocycles. The van der Waals surface area contributed by atoms with Crippen LogP contribution in [0.1, 0.15) is 0 Å². The average molecular weight is 340 g/mol. The fourth-order valence-corrected chi connectivity index (χ4v) is 0. The Kier molecular flexibility index (Phi) is 141. The Balaban J connectivity index is 0. The molecule has 0 spiro atoms. The van der Waals surface area contributed by atoms with Crippen molar-refractivity contribution >= 4 is 0 Å². The zero-order valence-corrected chi connectivity index (χ0v) is 8.78. The Hall–Kier alpha value is 2.49. The summed E-state index contributed by atoms with van der Waals surface area (Å²) >= 11 is 0. The fourth-order valence-electron chi connectivity index (χ4n) is 0. The first-order chi connectivity index (χ1) is 0. The molecule has 4 heavy (non-hydrogen) atoms. The van der Waals surface area contributed by atoms with E-state index < -0.39 is 0 Å². The second-order valence-electron chi connectivity index (χ2n) is 0. The topological polar surface area (TPSA) is 0 Å². The minimum absolute atomic E-state index is 0. The molecule has 0 unspecified atom stereocenters. The van der Waals surface area contributed by atoms with E-state index >= 15 is 0 Å². The van der Waals surface area contributed by atoms with Crippen molar-refractivity contribution in [1.82, 2.24) is 0 Å². The van der Waals surface area contributed by atoms with E-state index in [4.69, 9.17) is 0 Å². The van der Waals surface area contributed by atoms with Crippen molar-refractivity contribution in [2.45, 2.75) is 0 Å². The van der Waals surface area contributed by atoms with Crippen molar-refractivity contribution in [3.63, 3.8) is 0 Å². The van der Waals surface area contributed by atoms with Gasteiger partial charge in [-0.15, -0.1) is 0 Å². The Bertz CT molecular complexity index is 8.00. The molecule has 0 aliphatic rings. The van der Waals surface area contributed by atoms with Crippen molar-refractivity contribution in [3.8, 4) is 0 Å². The SMILES string of the molecule is [Co].[Cr].[Ta].[Ti]. The normalized spacial score (nSPS) is 0. The van der Waals surface area contributed by atoms with Crippen molar-refractivity contribution in [2.75, 3.05) is 0 Å². The zero-order chi connectivity index (χ0) is 0. The number of hydrogen-bond donors (Lipinski definition) is 0. The standard InChI is InChI=1S/Co.Cr.Ta.Ti. The van der Waals surface area contributed by atoms with Gasteiger partial charge in [-0.25, -0.2) is 0 Å². The molecule has 4 heteroatoms. The van der Waals surface area contributed by atoms with E-state index in [2.05, 4.69) is 0 Å². The Labute approximate surface area is 77.2 Å². The molecule has 0 aromatic carbocycles. The van der Waals surface area contributed by atoms with E-state index in [-0.39, 0.29) is 78.2 Å². The van der Waals surface area contributed by atoms with Gasteiger partial charge in [-0.1, -0.05) is 0 Å². The van der Waals surface area contributed by atoms with Crippen molar-refractivity contribution < 1.29 is 78.2 Å². The minimum Gasteiger partial charge on any atom is 0 e. The molecular formula is CoCrTaTi. The molecule has 0 aromatic rings. The number of hydrogen-bond acceptors (Lipinski definition) is 0. The Morgan fingerprint density at radius 1 is 1.00 bits per heavy atom. The first kappa shape index (κ1) is 31.5. The predicted molar refractivity (Wildman–Crippen MR) is 0 cm³/mol. The van der Waals surface area contributed by atoms with Crippen molar-refractivity contribution in [1.29, 1.82) is 0 Å². The monoisotopic (exact) mass is 340 g/mol. The molecule has 0 atom stereocenters. The maximum atomic E-state index is 0. The van der Waals surface area contributed by atoms with Crippen LogP contribution in [0.2, 0.25) is 0 Å². The molecule has 0 aliphatic heterocycles. The molecule has 0 fully saturated rings. The zero-order valence-electron chi connectivity index (χ0n) is 1.69. The van der Waals surface area contributed by atoms with E-state index in [1.807, 2.05) is 0 Å². The van der Waals surface area contributed by atoms with Crippen LogP contribution in [0, 0.1) is 0 Å². The summed E-state index contributed by atoms with van der Waals surface area (Å²) in [5, 5.41) is 0. The molecule has 0 heterocycles. The summed E-state index contributed by atoms with van der Waals surface area (Å²) in [4.78, 5) is 0. The molecule has 0 rings (SSSR count). The van der Waals surface area contributed by atoms with Crippen LogP contribution < -0.4 is 0 Å². The molecule has 2 radical (unpaired) electrons. The van der Waals surface area contributed by atoms with Crippen LogP contribution in [0.25, 0.3) is 0 Å².